The van der Waals surface area contributed by atoms with E-state index in [1.54, 1.807) is 0 Å². The molecule has 0 aromatic carbocycles. The monoisotopic (exact) mass is 290 g/mol. The third-order valence-electron chi connectivity index (χ3n) is 4.14. The smallest absolute Gasteiger partial charge is 0.223 e. The van der Waals surface area contributed by atoms with Crippen molar-refractivity contribution in [2.45, 2.75) is 63.5 Å². The predicted molar refractivity (Wildman–Crippen MR) is 78.4 cm³/mol. The molecule has 0 bridgehead atoms. The number of hydrogen-bond acceptors (Lipinski definition) is 3. The second kappa shape index (κ2) is 8.77. The molecule has 0 aromatic heterocycles. The highest BCUT2D eigenvalue weighted by Gasteiger charge is 2.25. The first kappa shape index (κ1) is 16.7. The van der Waals surface area contributed by atoms with Crippen molar-refractivity contribution in [3.05, 3.63) is 0 Å². The average Bonchev–Trinajstić information content (AvgIpc) is 2.87. The van der Waals surface area contributed by atoms with E-state index in [2.05, 4.69) is 5.32 Å². The maximum absolute atomic E-state index is 11.9. The van der Waals surface area contributed by atoms with Crippen LogP contribution in [-0.4, -0.2) is 31.2 Å². The molecule has 2 rings (SSSR count). The lowest BCUT2D eigenvalue weighted by molar-refractivity contribution is -0.126. The molecule has 3 N–H and O–H groups in total. The number of carbonyl (C=O) groups is 1. The van der Waals surface area contributed by atoms with Gasteiger partial charge in [-0.3, -0.25) is 4.79 Å². The van der Waals surface area contributed by atoms with Crippen LogP contribution in [0.25, 0.3) is 0 Å². The summed E-state index contributed by atoms with van der Waals surface area (Å²) in [7, 11) is 0. The second-order valence-corrected chi connectivity index (χ2v) is 5.69. The van der Waals surface area contributed by atoms with Gasteiger partial charge in [-0.15, -0.1) is 12.4 Å². The number of halogens is 1. The van der Waals surface area contributed by atoms with E-state index in [-0.39, 0.29) is 30.3 Å². The zero-order valence-electron chi connectivity index (χ0n) is 11.6. The number of hydrogen-bond donors (Lipinski definition) is 2. The molecule has 4 nitrogen and oxygen atoms in total. The fraction of sp³-hybridized carbons (Fsp3) is 0.929. The predicted octanol–water partition coefficient (Wildman–Crippen LogP) is 2.00. The number of ether oxygens (including phenoxy) is 1. The number of nitrogens with two attached hydrogens (primary N) is 1. The number of amides is 1. The molecule has 2 aliphatic carbocycles. The van der Waals surface area contributed by atoms with Crippen LogP contribution in [0.1, 0.15) is 51.4 Å². The lowest BCUT2D eigenvalue weighted by Gasteiger charge is -2.25. The third-order valence-corrected chi connectivity index (χ3v) is 4.14. The standard InChI is InChI=1S/C14H26N2O2.ClH/c15-12-5-3-4-11(10-12)14(17)16-8-9-18-13-6-1-2-7-13;/h11-13H,1-10,15H2,(H,16,17);1H. The maximum Gasteiger partial charge on any atom is 0.223 e. The summed E-state index contributed by atoms with van der Waals surface area (Å²) in [4.78, 5) is 11.9. The highest BCUT2D eigenvalue weighted by Crippen LogP contribution is 2.23. The van der Waals surface area contributed by atoms with Crippen LogP contribution in [0, 0.1) is 5.92 Å². The fourth-order valence-corrected chi connectivity index (χ4v) is 3.06. The minimum Gasteiger partial charge on any atom is -0.376 e. The van der Waals surface area contributed by atoms with Gasteiger partial charge < -0.3 is 15.8 Å². The number of rotatable bonds is 5. The van der Waals surface area contributed by atoms with E-state index in [0.717, 1.165) is 25.7 Å². The fourth-order valence-electron chi connectivity index (χ4n) is 3.06. The van der Waals surface area contributed by atoms with Gasteiger partial charge in [-0.1, -0.05) is 19.3 Å². The molecular formula is C14H27ClN2O2. The summed E-state index contributed by atoms with van der Waals surface area (Å²) in [6.07, 6.45) is 9.36. The van der Waals surface area contributed by atoms with Gasteiger partial charge >= 0.3 is 0 Å². The van der Waals surface area contributed by atoms with E-state index < -0.39 is 0 Å². The molecule has 0 aromatic rings. The minimum atomic E-state index is 0. The van der Waals surface area contributed by atoms with E-state index in [1.165, 1.54) is 25.7 Å². The first-order chi connectivity index (χ1) is 8.75. The first-order valence-electron chi connectivity index (χ1n) is 7.40. The van der Waals surface area contributed by atoms with Gasteiger partial charge in [0.25, 0.3) is 0 Å². The molecule has 2 saturated carbocycles. The van der Waals surface area contributed by atoms with Crippen molar-refractivity contribution >= 4 is 18.3 Å². The molecule has 0 heterocycles. The Morgan fingerprint density at radius 3 is 2.58 bits per heavy atom. The Morgan fingerprint density at radius 1 is 1.16 bits per heavy atom. The van der Waals surface area contributed by atoms with Gasteiger partial charge in [0.2, 0.25) is 5.91 Å². The van der Waals surface area contributed by atoms with Crippen molar-refractivity contribution in [2.75, 3.05) is 13.2 Å². The Morgan fingerprint density at radius 2 is 1.89 bits per heavy atom. The Bertz CT molecular complexity index is 270. The van der Waals surface area contributed by atoms with Crippen LogP contribution in [-0.2, 0) is 9.53 Å². The summed E-state index contributed by atoms with van der Waals surface area (Å²) in [6.45, 7) is 1.29. The zero-order valence-corrected chi connectivity index (χ0v) is 12.4. The van der Waals surface area contributed by atoms with Gasteiger partial charge in [0, 0.05) is 18.5 Å². The number of carbonyl (C=O) groups excluding carboxylic acids is 1. The Balaban J connectivity index is 0.00000180. The molecule has 5 heteroatoms. The van der Waals surface area contributed by atoms with Gasteiger partial charge in [-0.05, 0) is 32.1 Å². The van der Waals surface area contributed by atoms with E-state index >= 15 is 0 Å². The second-order valence-electron chi connectivity index (χ2n) is 5.69. The van der Waals surface area contributed by atoms with Gasteiger partial charge in [0.05, 0.1) is 12.7 Å². The van der Waals surface area contributed by atoms with Crippen molar-refractivity contribution < 1.29 is 9.53 Å². The van der Waals surface area contributed by atoms with Crippen LogP contribution in [0.15, 0.2) is 0 Å². The third kappa shape index (κ3) is 5.67. The summed E-state index contributed by atoms with van der Waals surface area (Å²) >= 11 is 0. The molecule has 0 saturated heterocycles. The molecule has 2 atom stereocenters. The van der Waals surface area contributed by atoms with Crippen LogP contribution in [0.2, 0.25) is 0 Å². The van der Waals surface area contributed by atoms with Crippen molar-refractivity contribution in [3.8, 4) is 0 Å². The molecule has 1 amide bonds. The molecule has 19 heavy (non-hydrogen) atoms. The molecule has 112 valence electrons. The molecule has 2 aliphatic rings. The summed E-state index contributed by atoms with van der Waals surface area (Å²) in [5, 5.41) is 2.98. The number of nitrogens with one attached hydrogen (secondary N) is 1. The Labute approximate surface area is 122 Å². The van der Waals surface area contributed by atoms with Crippen LogP contribution in [0.4, 0.5) is 0 Å². The van der Waals surface area contributed by atoms with Crippen molar-refractivity contribution in [3.63, 3.8) is 0 Å². The topological polar surface area (TPSA) is 64.4 Å². The van der Waals surface area contributed by atoms with Crippen LogP contribution < -0.4 is 11.1 Å². The largest absolute Gasteiger partial charge is 0.376 e. The minimum absolute atomic E-state index is 0. The highest BCUT2D eigenvalue weighted by atomic mass is 35.5. The van der Waals surface area contributed by atoms with Crippen LogP contribution in [0.5, 0.6) is 0 Å². The molecule has 0 radical (unpaired) electrons. The SMILES string of the molecule is Cl.NC1CCCC(C(=O)NCCOC2CCCC2)C1. The lowest BCUT2D eigenvalue weighted by atomic mass is 9.85. The van der Waals surface area contributed by atoms with E-state index in [9.17, 15) is 4.79 Å². The molecule has 0 aliphatic heterocycles. The molecule has 2 unspecified atom stereocenters. The summed E-state index contributed by atoms with van der Waals surface area (Å²) in [5.41, 5.74) is 5.90. The maximum atomic E-state index is 11.9. The van der Waals surface area contributed by atoms with Gasteiger partial charge in [-0.2, -0.15) is 0 Å². The summed E-state index contributed by atoms with van der Waals surface area (Å²) in [5.74, 6) is 0.292. The molecular weight excluding hydrogens is 264 g/mol. The van der Waals surface area contributed by atoms with Crippen LogP contribution in [0.3, 0.4) is 0 Å². The first-order valence-corrected chi connectivity index (χ1v) is 7.40. The van der Waals surface area contributed by atoms with Crippen molar-refractivity contribution in [1.29, 1.82) is 0 Å². The van der Waals surface area contributed by atoms with Crippen LogP contribution >= 0.6 is 12.4 Å². The zero-order chi connectivity index (χ0) is 12.8. The van der Waals surface area contributed by atoms with E-state index in [4.69, 9.17) is 10.5 Å². The van der Waals surface area contributed by atoms with Crippen molar-refractivity contribution in [2.24, 2.45) is 11.7 Å². The molecule has 0 spiro atoms. The lowest BCUT2D eigenvalue weighted by Crippen LogP contribution is -2.39. The molecule has 2 fully saturated rings. The van der Waals surface area contributed by atoms with Crippen molar-refractivity contribution in [1.82, 2.24) is 5.32 Å². The summed E-state index contributed by atoms with van der Waals surface area (Å²) < 4.78 is 5.72. The highest BCUT2D eigenvalue weighted by molar-refractivity contribution is 5.85. The van der Waals surface area contributed by atoms with Gasteiger partial charge in [0.15, 0.2) is 0 Å². The normalized spacial score (nSPS) is 27.8. The average molecular weight is 291 g/mol. The Kier molecular flexibility index (Phi) is 7.73. The quantitative estimate of drug-likeness (QED) is 0.761. The van der Waals surface area contributed by atoms with E-state index in [1.807, 2.05) is 0 Å². The van der Waals surface area contributed by atoms with E-state index in [0.29, 0.717) is 19.3 Å². The van der Waals surface area contributed by atoms with Gasteiger partial charge in [-0.25, -0.2) is 0 Å². The summed E-state index contributed by atoms with van der Waals surface area (Å²) in [6, 6.07) is 0.212. The van der Waals surface area contributed by atoms with Gasteiger partial charge in [0.1, 0.15) is 0 Å². The Hall–Kier alpha value is -0.320.